The molecule has 8 unspecified atom stereocenters. The van der Waals surface area contributed by atoms with Crippen LogP contribution >= 0.6 is 12.6 Å². The molecule has 0 saturated heterocycles. The third kappa shape index (κ3) is 2.84. The predicted molar refractivity (Wildman–Crippen MR) is 93.6 cm³/mol. The molecule has 8 atom stereocenters. The zero-order valence-corrected chi connectivity index (χ0v) is 14.5. The van der Waals surface area contributed by atoms with Crippen LogP contribution in [0.15, 0.2) is 12.2 Å². The monoisotopic (exact) mass is 304 g/mol. The minimum absolute atomic E-state index is 0.707. The molecular formula is C20H32S. The van der Waals surface area contributed by atoms with Crippen LogP contribution < -0.4 is 0 Å². The molecule has 0 radical (unpaired) electrons. The Morgan fingerprint density at radius 3 is 2.14 bits per heavy atom. The molecule has 0 nitrogen and oxygen atoms in total. The first kappa shape index (κ1) is 14.7. The molecule has 0 bridgehead atoms. The standard InChI is InChI=1S/C20H32S/c1-13-5-6-15(9-13)17-11-19(14-3-2-4-14)20(12-17)16-7-8-18(21)10-16/h2-3,13-21H,4-12H2,1H3. The summed E-state index contributed by atoms with van der Waals surface area (Å²) in [5, 5.41) is 0.707. The fourth-order valence-electron chi connectivity index (χ4n) is 6.23. The van der Waals surface area contributed by atoms with Crippen LogP contribution in [0.5, 0.6) is 0 Å². The molecule has 4 rings (SSSR count). The highest BCUT2D eigenvalue weighted by molar-refractivity contribution is 7.80. The van der Waals surface area contributed by atoms with E-state index < -0.39 is 0 Å². The second-order valence-electron chi connectivity index (χ2n) is 8.79. The summed E-state index contributed by atoms with van der Waals surface area (Å²) in [4.78, 5) is 0. The molecule has 0 heterocycles. The van der Waals surface area contributed by atoms with E-state index in [9.17, 15) is 0 Å². The maximum absolute atomic E-state index is 4.77. The van der Waals surface area contributed by atoms with Crippen molar-refractivity contribution >= 4 is 12.6 Å². The molecule has 0 aromatic carbocycles. The number of hydrogen-bond acceptors (Lipinski definition) is 1. The van der Waals surface area contributed by atoms with Gasteiger partial charge in [0, 0.05) is 5.25 Å². The maximum atomic E-state index is 4.77. The second kappa shape index (κ2) is 5.95. The van der Waals surface area contributed by atoms with Crippen molar-refractivity contribution in [1.29, 1.82) is 0 Å². The molecule has 4 aliphatic rings. The van der Waals surface area contributed by atoms with Gasteiger partial charge in [0.25, 0.3) is 0 Å². The van der Waals surface area contributed by atoms with Gasteiger partial charge in [0.2, 0.25) is 0 Å². The molecule has 0 aromatic rings. The van der Waals surface area contributed by atoms with Gasteiger partial charge in [-0.2, -0.15) is 12.6 Å². The van der Waals surface area contributed by atoms with Gasteiger partial charge in [-0.25, -0.2) is 0 Å². The van der Waals surface area contributed by atoms with E-state index in [0.29, 0.717) is 5.25 Å². The van der Waals surface area contributed by atoms with E-state index in [-0.39, 0.29) is 0 Å². The molecule has 0 N–H and O–H groups in total. The Balaban J connectivity index is 1.46. The molecule has 0 amide bonds. The smallest absolute Gasteiger partial charge is 0.00196 e. The summed E-state index contributed by atoms with van der Waals surface area (Å²) in [6, 6.07) is 0. The molecule has 0 aromatic heterocycles. The Morgan fingerprint density at radius 2 is 1.57 bits per heavy atom. The third-order valence-electron chi connectivity index (χ3n) is 7.49. The van der Waals surface area contributed by atoms with E-state index in [0.717, 1.165) is 41.4 Å². The summed E-state index contributed by atoms with van der Waals surface area (Å²) >= 11 is 4.77. The predicted octanol–water partition coefficient (Wildman–Crippen LogP) is 5.74. The van der Waals surface area contributed by atoms with Crippen molar-refractivity contribution in [1.82, 2.24) is 0 Å². The van der Waals surface area contributed by atoms with Crippen LogP contribution in [-0.2, 0) is 0 Å². The quantitative estimate of drug-likeness (QED) is 0.499. The van der Waals surface area contributed by atoms with Crippen LogP contribution in [0.1, 0.15) is 64.7 Å². The summed E-state index contributed by atoms with van der Waals surface area (Å²) in [7, 11) is 0. The molecule has 3 saturated carbocycles. The Kier molecular flexibility index (Phi) is 4.15. The number of thiol groups is 1. The average molecular weight is 305 g/mol. The Bertz CT molecular complexity index is 401. The molecule has 3 fully saturated rings. The van der Waals surface area contributed by atoms with Crippen molar-refractivity contribution in [2.75, 3.05) is 0 Å². The van der Waals surface area contributed by atoms with Crippen molar-refractivity contribution in [3.8, 4) is 0 Å². The summed E-state index contributed by atoms with van der Waals surface area (Å²) in [6.07, 6.45) is 18.3. The summed E-state index contributed by atoms with van der Waals surface area (Å²) < 4.78 is 0. The van der Waals surface area contributed by atoms with Crippen molar-refractivity contribution in [3.63, 3.8) is 0 Å². The molecule has 21 heavy (non-hydrogen) atoms. The molecule has 4 aliphatic carbocycles. The lowest BCUT2D eigenvalue weighted by Crippen LogP contribution is -2.25. The van der Waals surface area contributed by atoms with Gasteiger partial charge >= 0.3 is 0 Å². The number of hydrogen-bond donors (Lipinski definition) is 1. The highest BCUT2D eigenvalue weighted by Crippen LogP contribution is 2.55. The van der Waals surface area contributed by atoms with E-state index in [1.807, 2.05) is 0 Å². The van der Waals surface area contributed by atoms with Crippen LogP contribution in [0.2, 0.25) is 0 Å². The van der Waals surface area contributed by atoms with Gasteiger partial charge in [-0.3, -0.25) is 0 Å². The van der Waals surface area contributed by atoms with Crippen molar-refractivity contribution < 1.29 is 0 Å². The summed E-state index contributed by atoms with van der Waals surface area (Å²) in [5.41, 5.74) is 0. The first-order valence-corrected chi connectivity index (χ1v) is 10.1. The topological polar surface area (TPSA) is 0 Å². The van der Waals surface area contributed by atoms with E-state index in [4.69, 9.17) is 12.6 Å². The van der Waals surface area contributed by atoms with E-state index in [1.54, 1.807) is 12.8 Å². The van der Waals surface area contributed by atoms with Gasteiger partial charge < -0.3 is 0 Å². The molecular weight excluding hydrogens is 272 g/mol. The lowest BCUT2D eigenvalue weighted by atomic mass is 9.72. The van der Waals surface area contributed by atoms with Gasteiger partial charge in [0.1, 0.15) is 0 Å². The molecule has 0 aliphatic heterocycles. The SMILES string of the molecule is CC1CCC(C2CC(C3C=CC3)C(C3CCC(S)C3)C2)C1. The van der Waals surface area contributed by atoms with Crippen molar-refractivity contribution in [3.05, 3.63) is 12.2 Å². The fourth-order valence-corrected chi connectivity index (χ4v) is 6.65. The van der Waals surface area contributed by atoms with Crippen LogP contribution in [0, 0.1) is 41.4 Å². The normalized spacial score (nSPS) is 53.2. The minimum Gasteiger partial charge on any atom is -0.176 e. The van der Waals surface area contributed by atoms with Gasteiger partial charge in [-0.05, 0) is 92.8 Å². The first-order valence-electron chi connectivity index (χ1n) is 9.55. The van der Waals surface area contributed by atoms with Crippen LogP contribution in [0.4, 0.5) is 0 Å². The Morgan fingerprint density at radius 1 is 0.810 bits per heavy atom. The van der Waals surface area contributed by atoms with Crippen molar-refractivity contribution in [2.45, 2.75) is 70.0 Å². The van der Waals surface area contributed by atoms with Gasteiger partial charge in [0.15, 0.2) is 0 Å². The second-order valence-corrected chi connectivity index (χ2v) is 9.52. The number of rotatable bonds is 3. The maximum Gasteiger partial charge on any atom is 0.00196 e. The van der Waals surface area contributed by atoms with Crippen molar-refractivity contribution in [2.24, 2.45) is 41.4 Å². The van der Waals surface area contributed by atoms with E-state index >= 15 is 0 Å². The van der Waals surface area contributed by atoms with E-state index in [1.165, 1.54) is 44.9 Å². The summed E-state index contributed by atoms with van der Waals surface area (Å²) in [6.45, 7) is 2.47. The van der Waals surface area contributed by atoms with Gasteiger partial charge in [0.05, 0.1) is 0 Å². The minimum atomic E-state index is 0.707. The Labute approximate surface area is 136 Å². The third-order valence-corrected chi connectivity index (χ3v) is 7.96. The molecule has 1 heteroatoms. The molecule has 0 spiro atoms. The highest BCUT2D eigenvalue weighted by atomic mass is 32.1. The van der Waals surface area contributed by atoms with Gasteiger partial charge in [-0.15, -0.1) is 0 Å². The lowest BCUT2D eigenvalue weighted by Gasteiger charge is -2.33. The highest BCUT2D eigenvalue weighted by Gasteiger charge is 2.46. The lowest BCUT2D eigenvalue weighted by molar-refractivity contribution is 0.211. The van der Waals surface area contributed by atoms with E-state index in [2.05, 4.69) is 19.1 Å². The Hall–Kier alpha value is 0.0900. The largest absolute Gasteiger partial charge is 0.176 e. The van der Waals surface area contributed by atoms with Crippen LogP contribution in [-0.4, -0.2) is 5.25 Å². The number of allylic oxidation sites excluding steroid dienone is 2. The van der Waals surface area contributed by atoms with Crippen LogP contribution in [0.25, 0.3) is 0 Å². The molecule has 118 valence electrons. The zero-order valence-electron chi connectivity index (χ0n) is 13.6. The fraction of sp³-hybridized carbons (Fsp3) is 0.900. The summed E-state index contributed by atoms with van der Waals surface area (Å²) in [5.74, 6) is 7.16. The average Bonchev–Trinajstić information content (AvgIpc) is 3.07. The van der Waals surface area contributed by atoms with Gasteiger partial charge in [-0.1, -0.05) is 25.5 Å². The van der Waals surface area contributed by atoms with Crippen LogP contribution in [0.3, 0.4) is 0 Å². The zero-order chi connectivity index (χ0) is 14.4. The first-order chi connectivity index (χ1) is 10.2.